The number of benzene rings is 1. The zero-order chi connectivity index (χ0) is 17.5. The van der Waals surface area contributed by atoms with Gasteiger partial charge >= 0.3 is 6.09 Å². The van der Waals surface area contributed by atoms with Gasteiger partial charge in [0.05, 0.1) is 14.2 Å². The van der Waals surface area contributed by atoms with E-state index in [1.54, 1.807) is 14.2 Å². The lowest BCUT2D eigenvalue weighted by molar-refractivity contribution is 0.0528. The summed E-state index contributed by atoms with van der Waals surface area (Å²) < 4.78 is 16.1. The van der Waals surface area contributed by atoms with Crippen molar-refractivity contribution in [2.45, 2.75) is 39.2 Å². The van der Waals surface area contributed by atoms with Gasteiger partial charge in [-0.25, -0.2) is 4.79 Å². The molecule has 1 aromatic rings. The first-order chi connectivity index (χ1) is 10.8. The highest BCUT2D eigenvalue weighted by molar-refractivity contribution is 5.67. The zero-order valence-corrected chi connectivity index (χ0v) is 14.7. The Labute approximate surface area is 138 Å². The highest BCUT2D eigenvalue weighted by Gasteiger charge is 2.16. The molecule has 0 radical (unpaired) electrons. The Morgan fingerprint density at radius 3 is 2.26 bits per heavy atom. The third-order valence-electron chi connectivity index (χ3n) is 3.11. The summed E-state index contributed by atoms with van der Waals surface area (Å²) in [6.07, 6.45) is 2.72. The minimum Gasteiger partial charge on any atom is -0.496 e. The summed E-state index contributed by atoms with van der Waals surface area (Å²) >= 11 is 0. The van der Waals surface area contributed by atoms with Gasteiger partial charge < -0.3 is 19.5 Å². The Bertz CT molecular complexity index is 547. The summed E-state index contributed by atoms with van der Waals surface area (Å²) in [5, 5.41) is 2.74. The van der Waals surface area contributed by atoms with E-state index in [0.717, 1.165) is 22.6 Å². The lowest BCUT2D eigenvalue weighted by Gasteiger charge is -2.20. The van der Waals surface area contributed by atoms with Crippen molar-refractivity contribution >= 4 is 6.09 Å². The fourth-order valence-corrected chi connectivity index (χ4v) is 2.15. The molecule has 0 atom stereocenters. The minimum absolute atomic E-state index is 0.424. The first-order valence-electron chi connectivity index (χ1n) is 7.62. The molecule has 1 rings (SSSR count). The number of amides is 1. The lowest BCUT2D eigenvalue weighted by atomic mass is 10.0. The molecule has 1 aromatic carbocycles. The quantitative estimate of drug-likeness (QED) is 0.781. The molecule has 0 saturated heterocycles. The Hall–Kier alpha value is -2.17. The van der Waals surface area contributed by atoms with E-state index in [4.69, 9.17) is 14.2 Å². The van der Waals surface area contributed by atoms with Crippen molar-refractivity contribution in [1.82, 2.24) is 5.32 Å². The van der Waals surface area contributed by atoms with Crippen molar-refractivity contribution in [2.75, 3.05) is 20.8 Å². The van der Waals surface area contributed by atoms with Gasteiger partial charge in [-0.15, -0.1) is 6.58 Å². The predicted octanol–water partition coefficient (Wildman–Crippen LogP) is 3.50. The molecule has 0 aliphatic carbocycles. The number of carbonyl (C=O) groups is 1. The zero-order valence-electron chi connectivity index (χ0n) is 14.7. The van der Waals surface area contributed by atoms with Crippen LogP contribution >= 0.6 is 0 Å². The molecule has 0 aliphatic rings. The second-order valence-electron chi connectivity index (χ2n) is 6.15. The van der Waals surface area contributed by atoms with Crippen molar-refractivity contribution in [3.8, 4) is 11.5 Å². The average molecular weight is 321 g/mol. The molecule has 0 bridgehead atoms. The average Bonchev–Trinajstić information content (AvgIpc) is 2.46. The smallest absolute Gasteiger partial charge is 0.407 e. The molecule has 1 N–H and O–H groups in total. The molecule has 0 aromatic heterocycles. The van der Waals surface area contributed by atoms with E-state index in [9.17, 15) is 4.79 Å². The Morgan fingerprint density at radius 2 is 1.74 bits per heavy atom. The summed E-state index contributed by atoms with van der Waals surface area (Å²) in [6, 6.07) is 3.89. The van der Waals surface area contributed by atoms with Gasteiger partial charge in [0.1, 0.15) is 17.1 Å². The van der Waals surface area contributed by atoms with Crippen LogP contribution in [-0.2, 0) is 17.6 Å². The second-order valence-corrected chi connectivity index (χ2v) is 6.15. The highest BCUT2D eigenvalue weighted by Crippen LogP contribution is 2.29. The number of methoxy groups -OCH3 is 2. The van der Waals surface area contributed by atoms with Gasteiger partial charge in [-0.05, 0) is 51.3 Å². The van der Waals surface area contributed by atoms with Crippen LogP contribution in [0.15, 0.2) is 24.8 Å². The molecule has 0 fully saturated rings. The Balaban J connectivity index is 2.76. The Kier molecular flexibility index (Phi) is 6.94. The van der Waals surface area contributed by atoms with Crippen LogP contribution in [0.4, 0.5) is 4.79 Å². The van der Waals surface area contributed by atoms with Crippen LogP contribution in [0.1, 0.15) is 31.9 Å². The molecule has 0 unspecified atom stereocenters. The van der Waals surface area contributed by atoms with Gasteiger partial charge in [-0.1, -0.05) is 6.08 Å². The molecule has 5 heteroatoms. The van der Waals surface area contributed by atoms with Crippen molar-refractivity contribution in [3.05, 3.63) is 35.9 Å². The van der Waals surface area contributed by atoms with E-state index < -0.39 is 11.7 Å². The van der Waals surface area contributed by atoms with Gasteiger partial charge in [-0.3, -0.25) is 0 Å². The number of hydrogen-bond acceptors (Lipinski definition) is 4. The van der Waals surface area contributed by atoms with Crippen LogP contribution < -0.4 is 14.8 Å². The fraction of sp³-hybridized carbons (Fsp3) is 0.500. The number of alkyl carbamates (subject to hydrolysis) is 1. The maximum Gasteiger partial charge on any atom is 0.407 e. The SMILES string of the molecule is C=CCc1cc(OC)c(CCNC(=O)OC(C)(C)C)cc1OC. The summed E-state index contributed by atoms with van der Waals surface area (Å²) in [5.41, 5.74) is 1.48. The van der Waals surface area contributed by atoms with Gasteiger partial charge in [-0.2, -0.15) is 0 Å². The van der Waals surface area contributed by atoms with Crippen molar-refractivity contribution in [3.63, 3.8) is 0 Å². The molecule has 1 amide bonds. The lowest BCUT2D eigenvalue weighted by Crippen LogP contribution is -2.33. The third kappa shape index (κ3) is 6.22. The standard InChI is InChI=1S/C18H27NO4/c1-7-8-13-11-16(22-6)14(12-15(13)21-5)9-10-19-17(20)23-18(2,3)4/h7,11-12H,1,8-10H2,2-6H3,(H,19,20). The summed E-state index contributed by atoms with van der Waals surface area (Å²) in [4.78, 5) is 11.7. The summed E-state index contributed by atoms with van der Waals surface area (Å²) in [6.45, 7) is 9.70. The number of carbonyl (C=O) groups excluding carboxylic acids is 1. The highest BCUT2D eigenvalue weighted by atomic mass is 16.6. The molecule has 0 aliphatic heterocycles. The first-order valence-corrected chi connectivity index (χ1v) is 7.62. The molecule has 0 saturated carbocycles. The fourth-order valence-electron chi connectivity index (χ4n) is 2.15. The van der Waals surface area contributed by atoms with Crippen molar-refractivity contribution in [1.29, 1.82) is 0 Å². The van der Waals surface area contributed by atoms with Crippen LogP contribution in [0, 0.1) is 0 Å². The van der Waals surface area contributed by atoms with E-state index in [-0.39, 0.29) is 0 Å². The molecular formula is C18H27NO4. The minimum atomic E-state index is -0.503. The van der Waals surface area contributed by atoms with Crippen molar-refractivity contribution in [2.24, 2.45) is 0 Å². The predicted molar refractivity (Wildman–Crippen MR) is 91.4 cm³/mol. The topological polar surface area (TPSA) is 56.8 Å². The van der Waals surface area contributed by atoms with Crippen molar-refractivity contribution < 1.29 is 19.0 Å². The van der Waals surface area contributed by atoms with Gasteiger partial charge in [0, 0.05) is 12.1 Å². The van der Waals surface area contributed by atoms with Crippen LogP contribution in [0.25, 0.3) is 0 Å². The Morgan fingerprint density at radius 1 is 1.17 bits per heavy atom. The van der Waals surface area contributed by atoms with Crippen LogP contribution in [0.2, 0.25) is 0 Å². The third-order valence-corrected chi connectivity index (χ3v) is 3.11. The molecule has 0 spiro atoms. The number of ether oxygens (including phenoxy) is 3. The summed E-state index contributed by atoms with van der Waals surface area (Å²) in [5.74, 6) is 1.56. The number of rotatable bonds is 7. The molecule has 0 heterocycles. The maximum atomic E-state index is 11.7. The normalized spacial score (nSPS) is 10.8. The van der Waals surface area contributed by atoms with Crippen LogP contribution in [0.3, 0.4) is 0 Å². The second kappa shape index (κ2) is 8.46. The monoisotopic (exact) mass is 321 g/mol. The van der Waals surface area contributed by atoms with E-state index >= 15 is 0 Å². The van der Waals surface area contributed by atoms with Gasteiger partial charge in [0.2, 0.25) is 0 Å². The van der Waals surface area contributed by atoms with E-state index in [2.05, 4.69) is 11.9 Å². The maximum absolute atomic E-state index is 11.7. The van der Waals surface area contributed by atoms with E-state index in [1.807, 2.05) is 39.0 Å². The van der Waals surface area contributed by atoms with Gasteiger partial charge in [0.25, 0.3) is 0 Å². The summed E-state index contributed by atoms with van der Waals surface area (Å²) in [7, 11) is 3.27. The molecule has 128 valence electrons. The van der Waals surface area contributed by atoms with E-state index in [0.29, 0.717) is 19.4 Å². The van der Waals surface area contributed by atoms with Crippen LogP contribution in [0.5, 0.6) is 11.5 Å². The first kappa shape index (κ1) is 18.9. The van der Waals surface area contributed by atoms with E-state index in [1.165, 1.54) is 0 Å². The largest absolute Gasteiger partial charge is 0.496 e. The van der Waals surface area contributed by atoms with Gasteiger partial charge in [0.15, 0.2) is 0 Å². The number of allylic oxidation sites excluding steroid dienone is 1. The number of hydrogen-bond donors (Lipinski definition) is 1. The molecule has 23 heavy (non-hydrogen) atoms. The molecular weight excluding hydrogens is 294 g/mol. The van der Waals surface area contributed by atoms with Crippen LogP contribution in [-0.4, -0.2) is 32.5 Å². The number of nitrogens with one attached hydrogen (secondary N) is 1. The molecule has 5 nitrogen and oxygen atoms in total.